The second kappa shape index (κ2) is 10.3. The molecule has 4 rings (SSSR count). The number of hydrogen-bond donors (Lipinski definition) is 2. The minimum Gasteiger partial charge on any atom is -0.495 e. The van der Waals surface area contributed by atoms with Crippen molar-refractivity contribution in [3.05, 3.63) is 60.2 Å². The average Bonchev–Trinajstić information content (AvgIpc) is 3.39. The molecule has 1 saturated heterocycles. The molecule has 7 nitrogen and oxygen atoms in total. The maximum atomic E-state index is 13.4. The van der Waals surface area contributed by atoms with E-state index in [1.165, 1.54) is 0 Å². The molecule has 33 heavy (non-hydrogen) atoms. The lowest BCUT2D eigenvalue weighted by molar-refractivity contribution is -0.139. The van der Waals surface area contributed by atoms with Crippen LogP contribution in [0.5, 0.6) is 5.75 Å². The third kappa shape index (κ3) is 4.69. The van der Waals surface area contributed by atoms with Crippen LogP contribution in [0.15, 0.2) is 54.6 Å². The first-order valence-electron chi connectivity index (χ1n) is 11.7. The molecular formula is C26H33N3O4. The Morgan fingerprint density at radius 1 is 1.00 bits per heavy atom. The van der Waals surface area contributed by atoms with Gasteiger partial charge in [0.2, 0.25) is 11.8 Å². The summed E-state index contributed by atoms with van der Waals surface area (Å²) in [4.78, 5) is 30.5. The van der Waals surface area contributed by atoms with Gasteiger partial charge in [0.25, 0.3) is 0 Å². The van der Waals surface area contributed by atoms with E-state index in [-0.39, 0.29) is 11.8 Å². The van der Waals surface area contributed by atoms with Crippen LogP contribution in [0.3, 0.4) is 0 Å². The summed E-state index contributed by atoms with van der Waals surface area (Å²) in [5.41, 5.74) is 1.36. The van der Waals surface area contributed by atoms with E-state index in [9.17, 15) is 14.7 Å². The molecule has 0 aromatic heterocycles. The lowest BCUT2D eigenvalue weighted by Crippen LogP contribution is -2.58. The Hall–Kier alpha value is -3.06. The number of nitrogens with one attached hydrogen (secondary N) is 1. The lowest BCUT2D eigenvalue weighted by atomic mass is 9.78. The van der Waals surface area contributed by atoms with Crippen molar-refractivity contribution in [2.24, 2.45) is 0 Å². The van der Waals surface area contributed by atoms with Crippen LogP contribution < -0.4 is 15.0 Å². The van der Waals surface area contributed by atoms with Gasteiger partial charge in [-0.25, -0.2) is 0 Å². The largest absolute Gasteiger partial charge is 0.495 e. The average molecular weight is 452 g/mol. The maximum Gasteiger partial charge on any atom is 0.247 e. The Balaban J connectivity index is 1.41. The molecule has 2 amide bonds. The molecule has 1 heterocycles. The molecule has 2 aromatic carbocycles. The smallest absolute Gasteiger partial charge is 0.247 e. The molecule has 1 aliphatic heterocycles. The van der Waals surface area contributed by atoms with Gasteiger partial charge in [-0.05, 0) is 30.5 Å². The van der Waals surface area contributed by atoms with E-state index in [1.807, 2.05) is 54.6 Å². The first-order valence-corrected chi connectivity index (χ1v) is 11.7. The number of para-hydroxylation sites is 2. The molecule has 1 aliphatic carbocycles. The van der Waals surface area contributed by atoms with Crippen molar-refractivity contribution in [2.75, 3.05) is 44.8 Å². The highest BCUT2D eigenvalue weighted by atomic mass is 16.5. The van der Waals surface area contributed by atoms with Crippen molar-refractivity contribution >= 4 is 17.5 Å². The molecule has 1 unspecified atom stereocenters. The number of benzene rings is 2. The fourth-order valence-electron chi connectivity index (χ4n) is 5.14. The standard InChI is InChI=1S/C26H33N3O4/c1-33-23-12-6-5-11-22(23)28-15-17-29(18-16-28)24(31)21(19-30)27-25(32)26(13-7-8-14-26)20-9-3-2-4-10-20/h2-6,9-12,21,30H,7-8,13-19H2,1H3,(H,27,32). The molecule has 176 valence electrons. The number of hydrogen-bond acceptors (Lipinski definition) is 5. The van der Waals surface area contributed by atoms with E-state index >= 15 is 0 Å². The number of anilines is 1. The Bertz CT molecular complexity index is 951. The summed E-state index contributed by atoms with van der Waals surface area (Å²) in [7, 11) is 1.65. The number of piperazine rings is 1. The Morgan fingerprint density at radius 2 is 1.64 bits per heavy atom. The molecule has 1 atom stereocenters. The van der Waals surface area contributed by atoms with E-state index in [0.29, 0.717) is 26.2 Å². The highest BCUT2D eigenvalue weighted by Gasteiger charge is 2.44. The quantitative estimate of drug-likeness (QED) is 0.675. The summed E-state index contributed by atoms with van der Waals surface area (Å²) in [5, 5.41) is 12.9. The first-order chi connectivity index (χ1) is 16.1. The summed E-state index contributed by atoms with van der Waals surface area (Å²) in [6.07, 6.45) is 3.47. The van der Waals surface area contributed by atoms with E-state index in [0.717, 1.165) is 42.7 Å². The summed E-state index contributed by atoms with van der Waals surface area (Å²) in [5.74, 6) is 0.415. The Kier molecular flexibility index (Phi) is 7.18. The van der Waals surface area contributed by atoms with Gasteiger partial charge in [-0.15, -0.1) is 0 Å². The van der Waals surface area contributed by atoms with Crippen molar-refractivity contribution in [2.45, 2.75) is 37.1 Å². The number of aliphatic hydroxyl groups is 1. The second-order valence-electron chi connectivity index (χ2n) is 8.85. The third-order valence-corrected chi connectivity index (χ3v) is 7.02. The molecule has 2 aliphatic rings. The van der Waals surface area contributed by atoms with E-state index in [1.54, 1.807) is 12.0 Å². The highest BCUT2D eigenvalue weighted by molar-refractivity contribution is 5.93. The van der Waals surface area contributed by atoms with Gasteiger partial charge < -0.3 is 25.0 Å². The highest BCUT2D eigenvalue weighted by Crippen LogP contribution is 2.41. The van der Waals surface area contributed by atoms with Crippen molar-refractivity contribution in [1.82, 2.24) is 10.2 Å². The van der Waals surface area contributed by atoms with E-state index in [4.69, 9.17) is 4.74 Å². The summed E-state index contributed by atoms with van der Waals surface area (Å²) >= 11 is 0. The van der Waals surface area contributed by atoms with Gasteiger partial charge in [0.05, 0.1) is 24.8 Å². The number of ether oxygens (including phenoxy) is 1. The number of methoxy groups -OCH3 is 1. The van der Waals surface area contributed by atoms with Crippen molar-refractivity contribution in [1.29, 1.82) is 0 Å². The molecule has 2 N–H and O–H groups in total. The lowest BCUT2D eigenvalue weighted by Gasteiger charge is -2.38. The predicted octanol–water partition coefficient (Wildman–Crippen LogP) is 2.33. The predicted molar refractivity (Wildman–Crippen MR) is 127 cm³/mol. The Morgan fingerprint density at radius 3 is 2.27 bits per heavy atom. The number of rotatable bonds is 7. The fourth-order valence-corrected chi connectivity index (χ4v) is 5.14. The van der Waals surface area contributed by atoms with Crippen LogP contribution in [0.25, 0.3) is 0 Å². The van der Waals surface area contributed by atoms with Crippen LogP contribution in [0, 0.1) is 0 Å². The minimum atomic E-state index is -0.934. The van der Waals surface area contributed by atoms with Crippen molar-refractivity contribution < 1.29 is 19.4 Å². The van der Waals surface area contributed by atoms with Gasteiger partial charge >= 0.3 is 0 Å². The topological polar surface area (TPSA) is 82.1 Å². The zero-order valence-corrected chi connectivity index (χ0v) is 19.2. The van der Waals surface area contributed by atoms with Crippen LogP contribution >= 0.6 is 0 Å². The van der Waals surface area contributed by atoms with E-state index < -0.39 is 18.1 Å². The van der Waals surface area contributed by atoms with Crippen molar-refractivity contribution in [3.8, 4) is 5.75 Å². The van der Waals surface area contributed by atoms with Gasteiger partial charge in [-0.1, -0.05) is 55.3 Å². The summed E-state index contributed by atoms with van der Waals surface area (Å²) in [6.45, 7) is 1.95. The van der Waals surface area contributed by atoms with Crippen molar-refractivity contribution in [3.63, 3.8) is 0 Å². The molecule has 2 aromatic rings. The maximum absolute atomic E-state index is 13.4. The fraction of sp³-hybridized carbons (Fsp3) is 0.462. The normalized spacial score (nSPS) is 18.6. The second-order valence-corrected chi connectivity index (χ2v) is 8.85. The first kappa shape index (κ1) is 23.1. The monoisotopic (exact) mass is 451 g/mol. The summed E-state index contributed by atoms with van der Waals surface area (Å²) in [6, 6.07) is 16.7. The Labute approximate surface area is 195 Å². The third-order valence-electron chi connectivity index (χ3n) is 7.02. The van der Waals surface area contributed by atoms with Gasteiger partial charge in [0, 0.05) is 26.2 Å². The van der Waals surface area contributed by atoms with Gasteiger partial charge in [-0.3, -0.25) is 9.59 Å². The van der Waals surface area contributed by atoms with Crippen LogP contribution in [-0.2, 0) is 15.0 Å². The zero-order chi connectivity index (χ0) is 23.3. The van der Waals surface area contributed by atoms with Crippen LogP contribution in [-0.4, -0.2) is 67.8 Å². The van der Waals surface area contributed by atoms with Crippen LogP contribution in [0.2, 0.25) is 0 Å². The molecule has 2 fully saturated rings. The number of carbonyl (C=O) groups excluding carboxylic acids is 2. The number of aliphatic hydroxyl groups excluding tert-OH is 1. The molecule has 7 heteroatoms. The number of carbonyl (C=O) groups is 2. The SMILES string of the molecule is COc1ccccc1N1CCN(C(=O)C(CO)NC(=O)C2(c3ccccc3)CCCC2)CC1. The van der Waals surface area contributed by atoms with Crippen LogP contribution in [0.4, 0.5) is 5.69 Å². The molecule has 1 saturated carbocycles. The molecule has 0 spiro atoms. The van der Waals surface area contributed by atoms with Crippen LogP contribution in [0.1, 0.15) is 31.2 Å². The van der Waals surface area contributed by atoms with E-state index in [2.05, 4.69) is 10.2 Å². The van der Waals surface area contributed by atoms with Gasteiger partial charge in [-0.2, -0.15) is 0 Å². The molecule has 0 radical (unpaired) electrons. The number of amides is 2. The molecular weight excluding hydrogens is 418 g/mol. The number of nitrogens with zero attached hydrogens (tertiary/aromatic N) is 2. The minimum absolute atomic E-state index is 0.161. The molecule has 0 bridgehead atoms. The van der Waals surface area contributed by atoms with Gasteiger partial charge in [0.1, 0.15) is 11.8 Å². The summed E-state index contributed by atoms with van der Waals surface area (Å²) < 4.78 is 5.46. The van der Waals surface area contributed by atoms with Gasteiger partial charge in [0.15, 0.2) is 0 Å². The zero-order valence-electron chi connectivity index (χ0n) is 19.2.